The number of thiazole rings is 1. The minimum Gasteiger partial charge on any atom is -0.305 e. The van der Waals surface area contributed by atoms with E-state index in [4.69, 9.17) is 4.98 Å². The molecular formula is C17H29N3S. The quantitative estimate of drug-likeness (QED) is 0.924. The maximum Gasteiger partial charge on any atom is 0.113 e. The van der Waals surface area contributed by atoms with Crippen LogP contribution in [0.5, 0.6) is 0 Å². The first-order chi connectivity index (χ1) is 9.95. The highest BCUT2D eigenvalue weighted by molar-refractivity contribution is 7.09. The van der Waals surface area contributed by atoms with Crippen LogP contribution >= 0.6 is 11.3 Å². The van der Waals surface area contributed by atoms with E-state index < -0.39 is 0 Å². The molecule has 118 valence electrons. The van der Waals surface area contributed by atoms with E-state index in [1.165, 1.54) is 49.6 Å². The van der Waals surface area contributed by atoms with Gasteiger partial charge in [-0.1, -0.05) is 27.7 Å². The first-order valence-corrected chi connectivity index (χ1v) is 9.27. The molecule has 0 spiro atoms. The van der Waals surface area contributed by atoms with Crippen LogP contribution in [0.2, 0.25) is 0 Å². The molecule has 4 heteroatoms. The van der Waals surface area contributed by atoms with Crippen LogP contribution in [0.4, 0.5) is 0 Å². The summed E-state index contributed by atoms with van der Waals surface area (Å²) in [5, 5.41) is 7.54. The summed E-state index contributed by atoms with van der Waals surface area (Å²) in [5.41, 5.74) is 1.54. The molecule has 1 aromatic heterocycles. The molecule has 3 heterocycles. The molecule has 21 heavy (non-hydrogen) atoms. The molecule has 1 N–H and O–H groups in total. The predicted octanol–water partition coefficient (Wildman–Crippen LogP) is 3.36. The zero-order valence-corrected chi connectivity index (χ0v) is 14.7. The van der Waals surface area contributed by atoms with E-state index in [0.717, 1.165) is 12.5 Å². The lowest BCUT2D eigenvalue weighted by Gasteiger charge is -2.42. The van der Waals surface area contributed by atoms with E-state index in [1.54, 1.807) is 0 Å². The zero-order valence-electron chi connectivity index (χ0n) is 13.9. The van der Waals surface area contributed by atoms with E-state index in [1.807, 2.05) is 11.3 Å². The van der Waals surface area contributed by atoms with Crippen molar-refractivity contribution in [1.29, 1.82) is 0 Å². The summed E-state index contributed by atoms with van der Waals surface area (Å²) in [5.74, 6) is 0.733. The largest absolute Gasteiger partial charge is 0.305 e. The Labute approximate surface area is 133 Å². The summed E-state index contributed by atoms with van der Waals surface area (Å²) in [4.78, 5) is 7.70. The topological polar surface area (TPSA) is 28.2 Å². The van der Waals surface area contributed by atoms with Crippen molar-refractivity contribution in [2.75, 3.05) is 26.2 Å². The van der Waals surface area contributed by atoms with Crippen LogP contribution in [-0.4, -0.2) is 36.1 Å². The fourth-order valence-electron chi connectivity index (χ4n) is 3.74. The van der Waals surface area contributed by atoms with E-state index >= 15 is 0 Å². The molecule has 1 aromatic rings. The van der Waals surface area contributed by atoms with Gasteiger partial charge in [-0.15, -0.1) is 11.3 Å². The summed E-state index contributed by atoms with van der Waals surface area (Å²) in [7, 11) is 0. The Morgan fingerprint density at radius 2 is 2.24 bits per heavy atom. The molecule has 3 rings (SSSR count). The smallest absolute Gasteiger partial charge is 0.113 e. The summed E-state index contributed by atoms with van der Waals surface area (Å²) < 4.78 is 0. The average molecular weight is 308 g/mol. The molecule has 2 bridgehead atoms. The van der Waals surface area contributed by atoms with Crippen LogP contribution in [0.1, 0.15) is 57.7 Å². The van der Waals surface area contributed by atoms with Crippen molar-refractivity contribution in [3.8, 4) is 0 Å². The SMILES string of the molecule is CCCNC1(c2nc(C(C)(C)C)cs2)CCN2CCC1C2. The molecule has 0 radical (unpaired) electrons. The summed E-state index contributed by atoms with van der Waals surface area (Å²) in [6, 6.07) is 0. The van der Waals surface area contributed by atoms with E-state index in [9.17, 15) is 0 Å². The van der Waals surface area contributed by atoms with E-state index in [0.29, 0.717) is 0 Å². The minimum atomic E-state index is 0.136. The van der Waals surface area contributed by atoms with Crippen molar-refractivity contribution in [3.63, 3.8) is 0 Å². The Balaban J connectivity index is 1.93. The van der Waals surface area contributed by atoms with Gasteiger partial charge in [-0.25, -0.2) is 4.98 Å². The Hall–Kier alpha value is -0.450. The highest BCUT2D eigenvalue weighted by atomic mass is 32.1. The molecule has 0 aliphatic carbocycles. The van der Waals surface area contributed by atoms with Crippen LogP contribution in [-0.2, 0) is 11.0 Å². The molecule has 2 aliphatic heterocycles. The van der Waals surface area contributed by atoms with Gasteiger partial charge >= 0.3 is 0 Å². The third-order valence-corrected chi connectivity index (χ3v) is 6.16. The van der Waals surface area contributed by atoms with Gasteiger partial charge in [0, 0.05) is 23.9 Å². The third-order valence-electron chi connectivity index (χ3n) is 5.14. The van der Waals surface area contributed by atoms with E-state index in [-0.39, 0.29) is 11.0 Å². The van der Waals surface area contributed by atoms with Crippen molar-refractivity contribution >= 4 is 11.3 Å². The monoisotopic (exact) mass is 307 g/mol. The fraction of sp³-hybridized carbons (Fsp3) is 0.824. The molecule has 0 saturated carbocycles. The molecule has 2 saturated heterocycles. The van der Waals surface area contributed by atoms with Crippen molar-refractivity contribution in [1.82, 2.24) is 15.2 Å². The highest BCUT2D eigenvalue weighted by Gasteiger charge is 2.48. The number of hydrogen-bond acceptors (Lipinski definition) is 4. The molecule has 3 nitrogen and oxygen atoms in total. The highest BCUT2D eigenvalue weighted by Crippen LogP contribution is 2.44. The van der Waals surface area contributed by atoms with Gasteiger partial charge < -0.3 is 10.2 Å². The molecule has 0 amide bonds. The van der Waals surface area contributed by atoms with Crippen LogP contribution in [0, 0.1) is 5.92 Å². The lowest BCUT2D eigenvalue weighted by Crippen LogP contribution is -2.54. The number of hydrogen-bond donors (Lipinski definition) is 1. The normalized spacial score (nSPS) is 32.6. The molecule has 3 unspecified atom stereocenters. The number of fused-ring (bicyclic) bond motifs is 2. The minimum absolute atomic E-state index is 0.136. The third kappa shape index (κ3) is 2.78. The molecule has 2 fully saturated rings. The molecular weight excluding hydrogens is 278 g/mol. The fourth-order valence-corrected chi connectivity index (χ4v) is 5.07. The van der Waals surface area contributed by atoms with Gasteiger partial charge in [0.25, 0.3) is 0 Å². The van der Waals surface area contributed by atoms with Crippen molar-refractivity contribution < 1.29 is 0 Å². The lowest BCUT2D eigenvalue weighted by atomic mass is 9.79. The van der Waals surface area contributed by atoms with Gasteiger partial charge in [0.1, 0.15) is 5.01 Å². The summed E-state index contributed by atoms with van der Waals surface area (Å²) in [6.07, 6.45) is 3.73. The van der Waals surface area contributed by atoms with Gasteiger partial charge in [-0.2, -0.15) is 0 Å². The number of piperidine rings is 1. The van der Waals surface area contributed by atoms with Gasteiger partial charge in [-0.3, -0.25) is 0 Å². The van der Waals surface area contributed by atoms with Crippen molar-refractivity contribution in [2.24, 2.45) is 5.92 Å². The molecule has 0 aromatic carbocycles. The maximum absolute atomic E-state index is 5.08. The number of nitrogens with one attached hydrogen (secondary N) is 1. The second-order valence-electron chi connectivity index (χ2n) is 7.72. The first-order valence-electron chi connectivity index (χ1n) is 8.39. The average Bonchev–Trinajstić information content (AvgIpc) is 3.07. The first kappa shape index (κ1) is 15.4. The zero-order chi connectivity index (χ0) is 15.1. The van der Waals surface area contributed by atoms with Crippen LogP contribution in [0.25, 0.3) is 0 Å². The molecule has 3 atom stereocenters. The number of aromatic nitrogens is 1. The van der Waals surface area contributed by atoms with Gasteiger partial charge in [0.15, 0.2) is 0 Å². The van der Waals surface area contributed by atoms with E-state index in [2.05, 4.69) is 43.3 Å². The number of nitrogens with zero attached hydrogens (tertiary/aromatic N) is 2. The summed E-state index contributed by atoms with van der Waals surface area (Å²) in [6.45, 7) is 13.9. The van der Waals surface area contributed by atoms with Gasteiger partial charge in [-0.05, 0) is 38.3 Å². The lowest BCUT2D eigenvalue weighted by molar-refractivity contribution is 0.129. The molecule has 2 aliphatic rings. The number of rotatable bonds is 4. The van der Waals surface area contributed by atoms with Crippen molar-refractivity contribution in [3.05, 3.63) is 16.1 Å². The van der Waals surface area contributed by atoms with Crippen LogP contribution in [0.3, 0.4) is 0 Å². The van der Waals surface area contributed by atoms with Gasteiger partial charge in [0.2, 0.25) is 0 Å². The van der Waals surface area contributed by atoms with Crippen LogP contribution in [0.15, 0.2) is 5.38 Å². The summed E-state index contributed by atoms with van der Waals surface area (Å²) >= 11 is 1.88. The predicted molar refractivity (Wildman–Crippen MR) is 89.9 cm³/mol. The second kappa shape index (κ2) is 5.64. The maximum atomic E-state index is 5.08. The van der Waals surface area contributed by atoms with Crippen molar-refractivity contribution in [2.45, 2.75) is 57.9 Å². The Bertz CT molecular complexity index is 490. The standard InChI is InChI=1S/C17H29N3S/c1-5-8-18-17(7-10-20-9-6-13(17)11-20)15-19-14(12-21-15)16(2,3)4/h12-13,18H,5-11H2,1-4H3. The second-order valence-corrected chi connectivity index (χ2v) is 8.58. The van der Waals surface area contributed by atoms with Crippen LogP contribution < -0.4 is 5.32 Å². The Morgan fingerprint density at radius 3 is 2.90 bits per heavy atom. The Morgan fingerprint density at radius 1 is 1.43 bits per heavy atom. The Kier molecular flexibility index (Phi) is 4.15. The van der Waals surface area contributed by atoms with Gasteiger partial charge in [0.05, 0.1) is 11.2 Å².